The normalized spacial score (nSPS) is 14.0. The van der Waals surface area contributed by atoms with Crippen LogP contribution in [0.1, 0.15) is 6.42 Å². The van der Waals surface area contributed by atoms with Crippen molar-refractivity contribution in [3.63, 3.8) is 0 Å². The van der Waals surface area contributed by atoms with Crippen LogP contribution in [0, 0.1) is 0 Å². The van der Waals surface area contributed by atoms with Gasteiger partial charge in [-0.25, -0.2) is 4.98 Å². The van der Waals surface area contributed by atoms with E-state index in [9.17, 15) is 4.79 Å². The Bertz CT molecular complexity index is 954. The van der Waals surface area contributed by atoms with Crippen LogP contribution in [0.2, 0.25) is 0 Å². The van der Waals surface area contributed by atoms with Crippen molar-refractivity contribution in [3.05, 3.63) is 53.0 Å². The molecule has 2 heteroatoms. The van der Waals surface area contributed by atoms with Crippen molar-refractivity contribution in [2.24, 2.45) is 0 Å². The summed E-state index contributed by atoms with van der Waals surface area (Å²) in [7, 11) is 0. The molecule has 0 spiro atoms. The van der Waals surface area contributed by atoms with E-state index in [0.717, 1.165) is 26.9 Å². The second kappa shape index (κ2) is 3.75. The largest absolute Gasteiger partial charge is 0.294 e. The molecule has 0 radical (unpaired) electrons. The number of hydrogen-bond donors (Lipinski definition) is 0. The van der Waals surface area contributed by atoms with Gasteiger partial charge in [-0.2, -0.15) is 0 Å². The zero-order chi connectivity index (χ0) is 12.8. The minimum Gasteiger partial charge on any atom is -0.294 e. The van der Waals surface area contributed by atoms with Crippen molar-refractivity contribution < 1.29 is 4.79 Å². The fourth-order valence-electron chi connectivity index (χ4n) is 2.65. The van der Waals surface area contributed by atoms with E-state index in [1.165, 1.54) is 5.39 Å². The molecule has 3 aromatic rings. The third kappa shape index (κ3) is 1.57. The Morgan fingerprint density at radius 1 is 1.00 bits per heavy atom. The third-order valence-corrected chi connectivity index (χ3v) is 3.58. The highest BCUT2D eigenvalue weighted by atomic mass is 16.1. The maximum absolute atomic E-state index is 11.5. The van der Waals surface area contributed by atoms with Gasteiger partial charge in [0.15, 0.2) is 5.78 Å². The molecule has 90 valence electrons. The quantitative estimate of drug-likeness (QED) is 0.566. The highest BCUT2D eigenvalue weighted by molar-refractivity contribution is 6.10. The SMILES string of the molecule is O=C1C=c2cc3ccc4ccccc4c3nc2=CC1. The van der Waals surface area contributed by atoms with Gasteiger partial charge in [0.25, 0.3) is 0 Å². The number of nitrogens with zero attached hydrogens (tertiary/aromatic N) is 1. The lowest BCUT2D eigenvalue weighted by Gasteiger charge is -2.05. The number of hydrogen-bond acceptors (Lipinski definition) is 2. The first kappa shape index (κ1) is 10.4. The highest BCUT2D eigenvalue weighted by Gasteiger charge is 2.06. The molecule has 2 aromatic carbocycles. The number of benzene rings is 2. The zero-order valence-electron chi connectivity index (χ0n) is 10.3. The van der Waals surface area contributed by atoms with Gasteiger partial charge < -0.3 is 0 Å². The van der Waals surface area contributed by atoms with Crippen LogP contribution in [0.15, 0.2) is 42.5 Å². The van der Waals surface area contributed by atoms with Gasteiger partial charge in [0.05, 0.1) is 10.9 Å². The average Bonchev–Trinajstić information content (AvgIpc) is 2.45. The fraction of sp³-hybridized carbons (Fsp3) is 0.0588. The second-order valence-electron chi connectivity index (χ2n) is 4.84. The number of aromatic nitrogens is 1. The average molecular weight is 245 g/mol. The van der Waals surface area contributed by atoms with Crippen molar-refractivity contribution in [1.29, 1.82) is 0 Å². The van der Waals surface area contributed by atoms with E-state index in [0.29, 0.717) is 6.42 Å². The number of carbonyl (C=O) groups is 1. The van der Waals surface area contributed by atoms with Gasteiger partial charge in [0, 0.05) is 22.4 Å². The standard InChI is InChI=1S/C17H11NO/c19-14-7-8-16-13(10-14)9-12-6-5-11-3-1-2-4-15(11)17(12)18-16/h1-6,8-10H,7H2. The molecule has 0 bridgehead atoms. The van der Waals surface area contributed by atoms with Crippen LogP contribution in [0.3, 0.4) is 0 Å². The lowest BCUT2D eigenvalue weighted by atomic mass is 10.0. The number of ketones is 1. The van der Waals surface area contributed by atoms with Crippen LogP contribution in [0.25, 0.3) is 33.8 Å². The summed E-state index contributed by atoms with van der Waals surface area (Å²) in [5.41, 5.74) is 1.01. The lowest BCUT2D eigenvalue weighted by molar-refractivity contribution is -0.112. The second-order valence-corrected chi connectivity index (χ2v) is 4.84. The van der Waals surface area contributed by atoms with Crippen molar-refractivity contribution >= 4 is 39.6 Å². The lowest BCUT2D eigenvalue weighted by Crippen LogP contribution is -2.32. The number of Topliss-reactive ketones (excluding diaryl/α,β-unsaturated/α-hetero) is 1. The van der Waals surface area contributed by atoms with E-state index in [4.69, 9.17) is 4.98 Å². The summed E-state index contributed by atoms with van der Waals surface area (Å²) in [6.07, 6.45) is 4.06. The maximum atomic E-state index is 11.5. The molecule has 0 amide bonds. The number of carbonyl (C=O) groups excluding carboxylic acids is 1. The van der Waals surface area contributed by atoms with E-state index in [2.05, 4.69) is 30.3 Å². The summed E-state index contributed by atoms with van der Waals surface area (Å²) in [6.45, 7) is 0. The molecule has 0 N–H and O–H groups in total. The van der Waals surface area contributed by atoms with E-state index < -0.39 is 0 Å². The molecule has 1 aliphatic carbocycles. The van der Waals surface area contributed by atoms with E-state index >= 15 is 0 Å². The van der Waals surface area contributed by atoms with Gasteiger partial charge in [-0.3, -0.25) is 4.79 Å². The predicted molar refractivity (Wildman–Crippen MR) is 77.1 cm³/mol. The Kier molecular flexibility index (Phi) is 2.06. The van der Waals surface area contributed by atoms with Crippen LogP contribution >= 0.6 is 0 Å². The molecule has 1 aromatic heterocycles. The first-order valence-electron chi connectivity index (χ1n) is 6.34. The Labute approximate surface area is 109 Å². The van der Waals surface area contributed by atoms with Gasteiger partial charge in [-0.15, -0.1) is 0 Å². The van der Waals surface area contributed by atoms with E-state index in [1.807, 2.05) is 18.2 Å². The molecule has 2 nitrogen and oxygen atoms in total. The Hall–Kier alpha value is -2.48. The van der Waals surface area contributed by atoms with E-state index in [-0.39, 0.29) is 5.78 Å². The summed E-state index contributed by atoms with van der Waals surface area (Å²) >= 11 is 0. The minimum atomic E-state index is 0.148. The monoisotopic (exact) mass is 245 g/mol. The van der Waals surface area contributed by atoms with Gasteiger partial charge in [-0.05, 0) is 17.5 Å². The van der Waals surface area contributed by atoms with Crippen LogP contribution in [0.5, 0.6) is 0 Å². The molecule has 19 heavy (non-hydrogen) atoms. The summed E-state index contributed by atoms with van der Waals surface area (Å²) in [6, 6.07) is 14.5. The molecular formula is C17H11NO. The first-order chi connectivity index (χ1) is 9.31. The molecule has 4 rings (SSSR count). The molecule has 0 unspecified atom stereocenters. The van der Waals surface area contributed by atoms with E-state index in [1.54, 1.807) is 6.08 Å². The molecule has 0 fully saturated rings. The van der Waals surface area contributed by atoms with Crippen molar-refractivity contribution in [2.75, 3.05) is 0 Å². The van der Waals surface area contributed by atoms with Gasteiger partial charge >= 0.3 is 0 Å². The Morgan fingerprint density at radius 3 is 2.79 bits per heavy atom. The molecule has 1 heterocycles. The van der Waals surface area contributed by atoms with Crippen LogP contribution in [-0.2, 0) is 4.79 Å². The van der Waals surface area contributed by atoms with Gasteiger partial charge in [0.1, 0.15) is 0 Å². The van der Waals surface area contributed by atoms with Crippen LogP contribution < -0.4 is 10.6 Å². The molecule has 1 aliphatic rings. The van der Waals surface area contributed by atoms with Gasteiger partial charge in [0.2, 0.25) is 0 Å². The van der Waals surface area contributed by atoms with Crippen LogP contribution in [0.4, 0.5) is 0 Å². The smallest absolute Gasteiger partial charge is 0.160 e. The summed E-state index contributed by atoms with van der Waals surface area (Å²) in [4.78, 5) is 16.2. The number of pyridine rings is 1. The fourth-order valence-corrected chi connectivity index (χ4v) is 2.65. The van der Waals surface area contributed by atoms with Gasteiger partial charge in [-0.1, -0.05) is 42.5 Å². The molecule has 0 saturated carbocycles. The number of rotatable bonds is 0. The molecular weight excluding hydrogens is 234 g/mol. The highest BCUT2D eigenvalue weighted by Crippen LogP contribution is 2.21. The molecule has 0 saturated heterocycles. The predicted octanol–water partition coefficient (Wildman–Crippen LogP) is 1.92. The third-order valence-electron chi connectivity index (χ3n) is 3.58. The zero-order valence-corrected chi connectivity index (χ0v) is 10.3. The first-order valence-corrected chi connectivity index (χ1v) is 6.34. The van der Waals surface area contributed by atoms with Crippen molar-refractivity contribution in [3.8, 4) is 0 Å². The molecule has 0 aliphatic heterocycles. The minimum absolute atomic E-state index is 0.148. The maximum Gasteiger partial charge on any atom is 0.160 e. The number of fused-ring (bicyclic) bond motifs is 4. The van der Waals surface area contributed by atoms with Crippen molar-refractivity contribution in [1.82, 2.24) is 4.98 Å². The molecule has 0 atom stereocenters. The Morgan fingerprint density at radius 2 is 1.84 bits per heavy atom. The van der Waals surface area contributed by atoms with Crippen LogP contribution in [-0.4, -0.2) is 10.8 Å². The van der Waals surface area contributed by atoms with Crippen molar-refractivity contribution in [2.45, 2.75) is 6.42 Å². The summed E-state index contributed by atoms with van der Waals surface area (Å²) in [5, 5.41) is 5.28. The Balaban J connectivity index is 2.23. The summed E-state index contributed by atoms with van der Waals surface area (Å²) in [5.74, 6) is 0.148. The summed E-state index contributed by atoms with van der Waals surface area (Å²) < 4.78 is 0. The topological polar surface area (TPSA) is 30.0 Å².